The van der Waals surface area contributed by atoms with Crippen molar-refractivity contribution in [2.45, 2.75) is 31.1 Å². The molecule has 0 saturated carbocycles. The molecule has 0 aromatic heterocycles. The molecule has 12 heteroatoms. The first-order chi connectivity index (χ1) is 13.5. The van der Waals surface area contributed by atoms with Crippen molar-refractivity contribution in [1.29, 1.82) is 0 Å². The van der Waals surface area contributed by atoms with E-state index in [1.165, 1.54) is 4.90 Å². The largest absolute Gasteiger partial charge is 0.490 e. The fourth-order valence-corrected chi connectivity index (χ4v) is 3.27. The molecule has 1 aromatic carbocycles. The van der Waals surface area contributed by atoms with Gasteiger partial charge >= 0.3 is 24.1 Å². The van der Waals surface area contributed by atoms with Gasteiger partial charge in [-0.2, -0.15) is 13.2 Å². The van der Waals surface area contributed by atoms with Crippen molar-refractivity contribution in [1.82, 2.24) is 10.2 Å². The number of urea groups is 1. The van der Waals surface area contributed by atoms with Gasteiger partial charge in [-0.05, 0) is 19.1 Å². The smallest absolute Gasteiger partial charge is 0.480 e. The number of likely N-dealkylation sites (N-methyl/N-ethyl adjacent to an activating group) is 1. The van der Waals surface area contributed by atoms with E-state index >= 15 is 0 Å². The van der Waals surface area contributed by atoms with Crippen LogP contribution in [0.25, 0.3) is 0 Å². The quantitative estimate of drug-likeness (QED) is 0.633. The van der Waals surface area contributed by atoms with Crippen LogP contribution in [0.15, 0.2) is 30.3 Å². The molecule has 3 N–H and O–H groups in total. The Labute approximate surface area is 162 Å². The number of imide groups is 1. The SMILES string of the molecule is CCN1C(=O)N(c2ccccc2)C(=O)[C@]12CN[C@H](C(=O)O)C2.O=C(O)C(F)(F)F. The second-order valence-electron chi connectivity index (χ2n) is 6.31. The number of hydrogen-bond acceptors (Lipinski definition) is 5. The molecule has 3 amide bonds. The third kappa shape index (κ3) is 4.16. The van der Waals surface area contributed by atoms with Crippen LogP contribution in [-0.2, 0) is 14.4 Å². The number of benzene rings is 1. The van der Waals surface area contributed by atoms with Gasteiger partial charge in [-0.1, -0.05) is 18.2 Å². The molecule has 3 rings (SSSR count). The van der Waals surface area contributed by atoms with Crippen LogP contribution >= 0.6 is 0 Å². The van der Waals surface area contributed by atoms with Gasteiger partial charge in [0.05, 0.1) is 5.69 Å². The normalized spacial score (nSPS) is 23.9. The maximum Gasteiger partial charge on any atom is 0.490 e. The van der Waals surface area contributed by atoms with Gasteiger partial charge in [0.2, 0.25) is 0 Å². The van der Waals surface area contributed by atoms with Gasteiger partial charge in [0.15, 0.2) is 0 Å². The molecule has 9 nitrogen and oxygen atoms in total. The molecular weight excluding hydrogens is 399 g/mol. The fraction of sp³-hybridized carbons (Fsp3) is 0.412. The van der Waals surface area contributed by atoms with Crippen molar-refractivity contribution in [2.75, 3.05) is 18.0 Å². The van der Waals surface area contributed by atoms with Crippen LogP contribution in [0.1, 0.15) is 13.3 Å². The number of nitrogens with one attached hydrogen (secondary N) is 1. The first-order valence-electron chi connectivity index (χ1n) is 8.43. The van der Waals surface area contributed by atoms with Gasteiger partial charge in [-0.15, -0.1) is 0 Å². The fourth-order valence-electron chi connectivity index (χ4n) is 3.27. The molecule has 2 aliphatic heterocycles. The lowest BCUT2D eigenvalue weighted by Gasteiger charge is -2.29. The Hall–Kier alpha value is -3.15. The lowest BCUT2D eigenvalue weighted by molar-refractivity contribution is -0.192. The highest BCUT2D eigenvalue weighted by Gasteiger charge is 2.61. The minimum absolute atomic E-state index is 0.0874. The molecule has 2 fully saturated rings. The number of nitrogens with zero attached hydrogens (tertiary/aromatic N) is 2. The lowest BCUT2D eigenvalue weighted by Crippen LogP contribution is -2.51. The monoisotopic (exact) mass is 417 g/mol. The predicted octanol–water partition coefficient (Wildman–Crippen LogP) is 1.29. The maximum atomic E-state index is 12.9. The Bertz CT molecular complexity index is 816. The van der Waals surface area contributed by atoms with Gasteiger partial charge in [-0.25, -0.2) is 14.5 Å². The molecule has 2 atom stereocenters. The van der Waals surface area contributed by atoms with Gasteiger partial charge in [-0.3, -0.25) is 9.59 Å². The van der Waals surface area contributed by atoms with Crippen molar-refractivity contribution >= 4 is 29.6 Å². The zero-order valence-electron chi connectivity index (χ0n) is 15.1. The van der Waals surface area contributed by atoms with Crippen LogP contribution in [0.5, 0.6) is 0 Å². The van der Waals surface area contributed by atoms with Crippen LogP contribution in [0.3, 0.4) is 0 Å². The second kappa shape index (κ2) is 8.07. The second-order valence-corrected chi connectivity index (χ2v) is 6.31. The van der Waals surface area contributed by atoms with E-state index in [0.29, 0.717) is 12.2 Å². The molecule has 2 saturated heterocycles. The third-order valence-corrected chi connectivity index (χ3v) is 4.59. The molecule has 1 aromatic rings. The first kappa shape index (κ1) is 22.1. The third-order valence-electron chi connectivity index (χ3n) is 4.59. The zero-order chi connectivity index (χ0) is 22.0. The number of anilines is 1. The number of halogens is 3. The van der Waals surface area contributed by atoms with Gasteiger partial charge < -0.3 is 20.4 Å². The van der Waals surface area contributed by atoms with E-state index in [4.69, 9.17) is 15.0 Å². The Morgan fingerprint density at radius 3 is 2.17 bits per heavy atom. The Morgan fingerprint density at radius 1 is 1.21 bits per heavy atom. The Morgan fingerprint density at radius 2 is 1.76 bits per heavy atom. The highest BCUT2D eigenvalue weighted by molar-refractivity contribution is 6.23. The summed E-state index contributed by atoms with van der Waals surface area (Å²) in [5.41, 5.74) is -0.600. The summed E-state index contributed by atoms with van der Waals surface area (Å²) < 4.78 is 31.7. The van der Waals surface area contributed by atoms with Gasteiger partial charge in [0, 0.05) is 19.5 Å². The summed E-state index contributed by atoms with van der Waals surface area (Å²) in [6, 6.07) is 7.49. The summed E-state index contributed by atoms with van der Waals surface area (Å²) in [7, 11) is 0. The van der Waals surface area contributed by atoms with E-state index in [1.807, 2.05) is 0 Å². The standard InChI is InChI=1S/C15H17N3O4.C2HF3O2/c1-2-17-14(22)18(10-6-4-3-5-7-10)13(21)15(17)8-11(12(19)20)16-9-15;3-2(4,5)1(6)7/h3-7,11,16H,2,8-9H2,1H3,(H,19,20);(H,6,7)/t11-,15-;/m0./s1. The highest BCUT2D eigenvalue weighted by atomic mass is 19.4. The van der Waals surface area contributed by atoms with Crippen LogP contribution in [0.4, 0.5) is 23.7 Å². The summed E-state index contributed by atoms with van der Waals surface area (Å²) in [6.45, 7) is 2.29. The van der Waals surface area contributed by atoms with Gasteiger partial charge in [0.1, 0.15) is 11.6 Å². The zero-order valence-corrected chi connectivity index (χ0v) is 15.1. The molecule has 2 heterocycles. The molecule has 1 spiro atoms. The van der Waals surface area contributed by atoms with E-state index < -0.39 is 35.7 Å². The number of aliphatic carboxylic acids is 2. The van der Waals surface area contributed by atoms with Crippen LogP contribution < -0.4 is 10.2 Å². The molecule has 0 aliphatic carbocycles. The molecule has 0 radical (unpaired) electrons. The highest BCUT2D eigenvalue weighted by Crippen LogP contribution is 2.37. The molecule has 0 unspecified atom stereocenters. The lowest BCUT2D eigenvalue weighted by atomic mass is 9.94. The molecule has 158 valence electrons. The number of rotatable bonds is 3. The number of amides is 3. The average molecular weight is 417 g/mol. The molecular formula is C17H18F3N3O6. The number of carbonyl (C=O) groups excluding carboxylic acids is 2. The number of hydrogen-bond donors (Lipinski definition) is 3. The van der Waals surface area contributed by atoms with E-state index in [9.17, 15) is 27.6 Å². The minimum Gasteiger partial charge on any atom is -0.480 e. The van der Waals surface area contributed by atoms with Crippen molar-refractivity contribution in [3.63, 3.8) is 0 Å². The summed E-state index contributed by atoms with van der Waals surface area (Å²) in [4.78, 5) is 48.2. The number of para-hydroxylation sites is 1. The first-order valence-corrected chi connectivity index (χ1v) is 8.43. The molecule has 0 bridgehead atoms. The summed E-state index contributed by atoms with van der Waals surface area (Å²) in [6.07, 6.45) is -5.00. The van der Waals surface area contributed by atoms with Crippen LogP contribution in [0.2, 0.25) is 0 Å². The summed E-state index contributed by atoms with van der Waals surface area (Å²) in [5.74, 6) is -4.12. The number of carboxylic acids is 2. The Balaban J connectivity index is 0.000000370. The van der Waals surface area contributed by atoms with E-state index in [-0.39, 0.29) is 18.9 Å². The van der Waals surface area contributed by atoms with E-state index in [0.717, 1.165) is 4.90 Å². The minimum atomic E-state index is -5.08. The molecule has 2 aliphatic rings. The average Bonchev–Trinajstić information content (AvgIpc) is 3.17. The predicted molar refractivity (Wildman–Crippen MR) is 92.2 cm³/mol. The van der Waals surface area contributed by atoms with Crippen LogP contribution in [-0.4, -0.2) is 69.8 Å². The number of alkyl halides is 3. The summed E-state index contributed by atoms with van der Waals surface area (Å²) in [5, 5.41) is 19.1. The maximum absolute atomic E-state index is 12.9. The number of carbonyl (C=O) groups is 4. The van der Waals surface area contributed by atoms with Crippen LogP contribution in [0, 0.1) is 0 Å². The van der Waals surface area contributed by atoms with E-state index in [1.54, 1.807) is 37.3 Å². The topological polar surface area (TPSA) is 127 Å². The Kier molecular flexibility index (Phi) is 6.16. The van der Waals surface area contributed by atoms with Crippen molar-refractivity contribution in [3.05, 3.63) is 30.3 Å². The van der Waals surface area contributed by atoms with Crippen molar-refractivity contribution in [2.24, 2.45) is 0 Å². The summed E-state index contributed by atoms with van der Waals surface area (Å²) >= 11 is 0. The van der Waals surface area contributed by atoms with Crippen molar-refractivity contribution < 1.29 is 42.6 Å². The number of carboxylic acid groups (broad SMARTS) is 2. The van der Waals surface area contributed by atoms with Gasteiger partial charge in [0.25, 0.3) is 5.91 Å². The van der Waals surface area contributed by atoms with E-state index in [2.05, 4.69) is 5.32 Å². The van der Waals surface area contributed by atoms with Crippen molar-refractivity contribution in [3.8, 4) is 0 Å². The molecule has 29 heavy (non-hydrogen) atoms.